The largest absolute Gasteiger partial charge is 0.453 e. The lowest BCUT2D eigenvalue weighted by Gasteiger charge is -2.30. The molecule has 4 atom stereocenters. The highest BCUT2D eigenvalue weighted by atomic mass is 19.1. The van der Waals surface area contributed by atoms with Crippen LogP contribution in [-0.4, -0.2) is 93.1 Å². The fraction of sp³-hybridized carbons (Fsp3) is 0.474. The van der Waals surface area contributed by atoms with Gasteiger partial charge >= 0.3 is 12.2 Å². The minimum absolute atomic E-state index is 0.145. The summed E-state index contributed by atoms with van der Waals surface area (Å²) in [6.07, 6.45) is 4.80. The molecular formula is C38H45FN8O6. The highest BCUT2D eigenvalue weighted by molar-refractivity contribution is 5.87. The minimum atomic E-state index is -0.746. The van der Waals surface area contributed by atoms with Gasteiger partial charge < -0.3 is 39.9 Å². The van der Waals surface area contributed by atoms with Gasteiger partial charge in [-0.05, 0) is 73.3 Å². The van der Waals surface area contributed by atoms with Crippen molar-refractivity contribution in [2.45, 2.75) is 77.5 Å². The van der Waals surface area contributed by atoms with Crippen molar-refractivity contribution in [2.24, 2.45) is 11.8 Å². The van der Waals surface area contributed by atoms with Crippen LogP contribution < -0.4 is 10.6 Å². The van der Waals surface area contributed by atoms with E-state index in [1.54, 1.807) is 34.3 Å². The van der Waals surface area contributed by atoms with Crippen LogP contribution in [0, 0.1) is 41.3 Å². The molecule has 0 radical (unpaired) electrons. The van der Waals surface area contributed by atoms with Gasteiger partial charge in [-0.2, -0.15) is 0 Å². The van der Waals surface area contributed by atoms with Crippen LogP contribution >= 0.6 is 0 Å². The molecule has 2 fully saturated rings. The van der Waals surface area contributed by atoms with Gasteiger partial charge in [-0.1, -0.05) is 33.8 Å². The Bertz CT molecular complexity index is 1950. The van der Waals surface area contributed by atoms with Crippen molar-refractivity contribution in [1.82, 2.24) is 40.4 Å². The lowest BCUT2D eigenvalue weighted by molar-refractivity contribution is -0.136. The molecular weight excluding hydrogens is 683 g/mol. The monoisotopic (exact) mass is 728 g/mol. The van der Waals surface area contributed by atoms with Crippen molar-refractivity contribution < 1.29 is 33.0 Å². The summed E-state index contributed by atoms with van der Waals surface area (Å²) in [5.41, 5.74) is 1.81. The number of benzene rings is 1. The van der Waals surface area contributed by atoms with Crippen LogP contribution in [0.3, 0.4) is 0 Å². The fourth-order valence-corrected chi connectivity index (χ4v) is 6.59. The van der Waals surface area contributed by atoms with Crippen LogP contribution in [0.1, 0.15) is 88.4 Å². The second kappa shape index (κ2) is 17.1. The van der Waals surface area contributed by atoms with E-state index in [4.69, 9.17) is 9.47 Å². The number of likely N-dealkylation sites (tertiary alicyclic amines) is 2. The fourth-order valence-electron chi connectivity index (χ4n) is 6.59. The average Bonchev–Trinajstić information content (AvgIpc) is 3.97. The third-order valence-electron chi connectivity index (χ3n) is 9.41. The molecule has 280 valence electrons. The molecule has 0 spiro atoms. The Morgan fingerprint density at radius 3 is 1.87 bits per heavy atom. The van der Waals surface area contributed by atoms with E-state index in [0.717, 1.165) is 12.8 Å². The number of carbonyl (C=O) groups excluding carboxylic acids is 4. The summed E-state index contributed by atoms with van der Waals surface area (Å²) in [6, 6.07) is 2.56. The first-order chi connectivity index (χ1) is 25.4. The molecule has 4 heterocycles. The van der Waals surface area contributed by atoms with Crippen LogP contribution in [0.25, 0.3) is 11.3 Å². The molecule has 3 aromatic rings. The molecule has 2 aliphatic heterocycles. The number of carbonyl (C=O) groups is 4. The second-order valence-electron chi connectivity index (χ2n) is 13.7. The van der Waals surface area contributed by atoms with Gasteiger partial charge in [-0.25, -0.2) is 23.9 Å². The number of methoxy groups -OCH3 is 2. The molecule has 3 unspecified atom stereocenters. The highest BCUT2D eigenvalue weighted by Crippen LogP contribution is 2.33. The van der Waals surface area contributed by atoms with Crippen LogP contribution in [0.2, 0.25) is 0 Å². The summed E-state index contributed by atoms with van der Waals surface area (Å²) in [6.45, 7) is 8.48. The molecule has 14 nitrogen and oxygen atoms in total. The molecule has 0 saturated carbocycles. The summed E-state index contributed by atoms with van der Waals surface area (Å²) in [5, 5.41) is 5.27. The molecule has 4 N–H and O–H groups in total. The van der Waals surface area contributed by atoms with Crippen LogP contribution in [0.4, 0.5) is 14.0 Å². The van der Waals surface area contributed by atoms with Gasteiger partial charge in [0.25, 0.3) is 0 Å². The van der Waals surface area contributed by atoms with Crippen molar-refractivity contribution in [1.29, 1.82) is 0 Å². The van der Waals surface area contributed by atoms with Crippen molar-refractivity contribution >= 4 is 24.0 Å². The summed E-state index contributed by atoms with van der Waals surface area (Å²) < 4.78 is 24.6. The first kappa shape index (κ1) is 38.4. The molecule has 53 heavy (non-hydrogen) atoms. The maximum absolute atomic E-state index is 15.2. The van der Waals surface area contributed by atoms with Crippen molar-refractivity contribution in [3.05, 3.63) is 59.3 Å². The second-order valence-corrected chi connectivity index (χ2v) is 13.7. The zero-order chi connectivity index (χ0) is 38.2. The van der Waals surface area contributed by atoms with E-state index in [0.29, 0.717) is 54.5 Å². The van der Waals surface area contributed by atoms with Crippen molar-refractivity contribution in [3.8, 4) is 34.9 Å². The number of nitrogens with zero attached hydrogens (tertiary/aromatic N) is 4. The number of aromatic amines is 2. The molecule has 1 aromatic carbocycles. The number of alkyl carbamates (subject to hydrolysis) is 2. The predicted molar refractivity (Wildman–Crippen MR) is 192 cm³/mol. The van der Waals surface area contributed by atoms with Crippen molar-refractivity contribution in [3.63, 3.8) is 0 Å². The van der Waals surface area contributed by atoms with Gasteiger partial charge in [0, 0.05) is 18.7 Å². The minimum Gasteiger partial charge on any atom is -0.453 e. The number of aromatic nitrogens is 4. The van der Waals surface area contributed by atoms with E-state index in [9.17, 15) is 19.2 Å². The first-order valence-electron chi connectivity index (χ1n) is 17.6. The van der Waals surface area contributed by atoms with Crippen LogP contribution in [0.15, 0.2) is 30.6 Å². The van der Waals surface area contributed by atoms with Gasteiger partial charge in [-0.15, -0.1) is 0 Å². The van der Waals surface area contributed by atoms with Gasteiger partial charge in [0.15, 0.2) is 0 Å². The van der Waals surface area contributed by atoms with E-state index in [2.05, 4.69) is 54.3 Å². The Morgan fingerprint density at radius 1 is 0.811 bits per heavy atom. The molecule has 15 heteroatoms. The number of amides is 4. The number of hydrogen-bond acceptors (Lipinski definition) is 8. The molecule has 2 aliphatic rings. The van der Waals surface area contributed by atoms with E-state index >= 15 is 4.39 Å². The lowest BCUT2D eigenvalue weighted by atomic mass is 10.0. The Hall–Kier alpha value is -5.83. The van der Waals surface area contributed by atoms with E-state index < -0.39 is 30.1 Å². The summed E-state index contributed by atoms with van der Waals surface area (Å²) in [5.74, 6) is 11.0. The molecule has 0 bridgehead atoms. The zero-order valence-corrected chi connectivity index (χ0v) is 30.7. The third-order valence-corrected chi connectivity index (χ3v) is 9.41. The van der Waals surface area contributed by atoms with Gasteiger partial charge in [0.05, 0.1) is 50.0 Å². The van der Waals surface area contributed by atoms with Crippen LogP contribution in [0.5, 0.6) is 0 Å². The number of nitrogens with one attached hydrogen (secondary N) is 4. The average molecular weight is 729 g/mol. The smallest absolute Gasteiger partial charge is 0.407 e. The molecule has 2 saturated heterocycles. The van der Waals surface area contributed by atoms with E-state index in [1.807, 2.05) is 27.7 Å². The van der Waals surface area contributed by atoms with Gasteiger partial charge in [0.2, 0.25) is 11.8 Å². The Morgan fingerprint density at radius 2 is 1.34 bits per heavy atom. The van der Waals surface area contributed by atoms with Gasteiger partial charge in [0.1, 0.15) is 35.2 Å². The maximum atomic E-state index is 15.2. The summed E-state index contributed by atoms with van der Waals surface area (Å²) in [4.78, 5) is 69.3. The van der Waals surface area contributed by atoms with E-state index in [1.165, 1.54) is 20.3 Å². The standard InChI is InChI=1S/C38H45FN8O6/c1-22(2)31(44-37(50)52-5)35(48)46-17-9-13-29(46)33-40-20-26(42-33)12-8-7-11-24-15-16-25(19-27(24)39)28-21-41-34(43-28)30-14-10-18-47(30)36(49)32(23(3)4)45-38(51)53-6/h15-16,19-23,29-32H,9-10,13-14,17-18H2,1-6H3,(H,40,42)(H,41,43)(H,44,50)(H,45,51)/t29?,30?,31-,32?/m0/s1. The number of ether oxygens (including phenoxy) is 2. The number of hydrogen-bond donors (Lipinski definition) is 4. The quantitative estimate of drug-likeness (QED) is 0.234. The summed E-state index contributed by atoms with van der Waals surface area (Å²) >= 11 is 0. The Kier molecular flexibility index (Phi) is 12.4. The zero-order valence-electron chi connectivity index (χ0n) is 30.7. The van der Waals surface area contributed by atoms with Gasteiger partial charge in [-0.3, -0.25) is 9.59 Å². The predicted octanol–water partition coefficient (Wildman–Crippen LogP) is 4.43. The topological polar surface area (TPSA) is 175 Å². The normalized spacial score (nSPS) is 17.8. The lowest BCUT2D eigenvalue weighted by Crippen LogP contribution is -2.51. The number of H-pyrrole nitrogens is 2. The molecule has 5 rings (SSSR count). The Labute approximate surface area is 308 Å². The molecule has 2 aromatic heterocycles. The molecule has 0 aliphatic carbocycles. The SMILES string of the molecule is COC(=O)NC(C(=O)N1CCCC1c1ncc(-c2ccc(C#CC#Cc3cnc(C4CCCN4C(=O)[C@@H](NC(=O)OC)C(C)C)[nH]3)c(F)c2)[nH]1)C(C)C. The highest BCUT2D eigenvalue weighted by Gasteiger charge is 2.39. The number of halogens is 1. The number of rotatable bonds is 9. The summed E-state index contributed by atoms with van der Waals surface area (Å²) in [7, 11) is 2.51. The Balaban J connectivity index is 1.23. The third kappa shape index (κ3) is 8.98. The first-order valence-corrected chi connectivity index (χ1v) is 17.6. The number of imidazole rings is 2. The van der Waals surface area contributed by atoms with E-state index in [-0.39, 0.29) is 41.3 Å². The van der Waals surface area contributed by atoms with Crippen molar-refractivity contribution in [2.75, 3.05) is 27.3 Å². The maximum Gasteiger partial charge on any atom is 0.407 e. The molecule has 4 amide bonds. The van der Waals surface area contributed by atoms with Crippen LogP contribution in [-0.2, 0) is 19.1 Å².